The highest BCUT2D eigenvalue weighted by atomic mass is 32.1. The molecule has 0 spiro atoms. The fourth-order valence-electron chi connectivity index (χ4n) is 2.44. The molecule has 1 aromatic carbocycles. The van der Waals surface area contributed by atoms with Crippen molar-refractivity contribution in [3.05, 3.63) is 52.0 Å². The van der Waals surface area contributed by atoms with Crippen LogP contribution in [0.25, 0.3) is 0 Å². The highest BCUT2D eigenvalue weighted by Gasteiger charge is 2.34. The lowest BCUT2D eigenvalue weighted by Crippen LogP contribution is -2.33. The molecule has 1 aliphatic rings. The monoisotopic (exact) mass is 304 g/mol. The zero-order valence-corrected chi connectivity index (χ0v) is 12.6. The summed E-state index contributed by atoms with van der Waals surface area (Å²) in [6.45, 7) is 0.590. The van der Waals surface area contributed by atoms with Crippen molar-refractivity contribution in [1.29, 1.82) is 0 Å². The number of nitrogens with one attached hydrogen (secondary N) is 1. The topological polar surface area (TPSA) is 32.3 Å². The first-order chi connectivity index (χ1) is 10.2. The average molecular weight is 304 g/mol. The van der Waals surface area contributed by atoms with E-state index in [1.165, 1.54) is 6.07 Å². The Balaban J connectivity index is 1.89. The Morgan fingerprint density at radius 1 is 1.43 bits per heavy atom. The molecule has 1 fully saturated rings. The fraction of sp³-hybridized carbons (Fsp3) is 0.312. The summed E-state index contributed by atoms with van der Waals surface area (Å²) in [6, 6.07) is 6.94. The Hall–Kier alpha value is -1.88. The molecule has 1 amide bonds. The van der Waals surface area contributed by atoms with E-state index in [9.17, 15) is 9.18 Å². The number of nitrogens with zero attached hydrogens (tertiary/aromatic N) is 1. The molecule has 0 bridgehead atoms. The van der Waals surface area contributed by atoms with Gasteiger partial charge in [-0.25, -0.2) is 4.39 Å². The molecule has 21 heavy (non-hydrogen) atoms. The van der Waals surface area contributed by atoms with Crippen LogP contribution in [0.4, 0.5) is 10.1 Å². The first-order valence-corrected chi connectivity index (χ1v) is 7.93. The summed E-state index contributed by atoms with van der Waals surface area (Å²) in [6.07, 6.45) is 2.06. The normalized spacial score (nSPS) is 14.0. The Kier molecular flexibility index (Phi) is 3.92. The number of hydrogen-bond donors (Lipinski definition) is 1. The van der Waals surface area contributed by atoms with Crippen molar-refractivity contribution in [1.82, 2.24) is 4.90 Å². The summed E-state index contributed by atoms with van der Waals surface area (Å²) in [5.74, 6) is -0.498. The first-order valence-electron chi connectivity index (χ1n) is 6.99. The van der Waals surface area contributed by atoms with Crippen LogP contribution in [0, 0.1) is 5.82 Å². The van der Waals surface area contributed by atoms with Crippen LogP contribution in [0.2, 0.25) is 0 Å². The molecule has 110 valence electrons. The molecule has 3 rings (SSSR count). The second kappa shape index (κ2) is 5.85. The Morgan fingerprint density at radius 2 is 2.24 bits per heavy atom. The third kappa shape index (κ3) is 2.93. The number of anilines is 1. The van der Waals surface area contributed by atoms with Crippen LogP contribution < -0.4 is 5.32 Å². The molecule has 1 saturated carbocycles. The Morgan fingerprint density at radius 3 is 2.86 bits per heavy atom. The van der Waals surface area contributed by atoms with E-state index in [1.54, 1.807) is 30.5 Å². The number of amides is 1. The highest BCUT2D eigenvalue weighted by Crippen LogP contribution is 2.32. The first kappa shape index (κ1) is 14.1. The third-order valence-corrected chi connectivity index (χ3v) is 4.41. The zero-order valence-electron chi connectivity index (χ0n) is 11.8. The number of carbonyl (C=O) groups excluding carboxylic acids is 1. The van der Waals surface area contributed by atoms with Crippen LogP contribution in [0.3, 0.4) is 0 Å². The predicted octanol–water partition coefficient (Wildman–Crippen LogP) is 3.73. The lowest BCUT2D eigenvalue weighted by atomic mass is 10.1. The van der Waals surface area contributed by atoms with Gasteiger partial charge in [-0.1, -0.05) is 6.07 Å². The largest absolute Gasteiger partial charge is 0.385 e. The second-order valence-corrected chi connectivity index (χ2v) is 5.99. The maximum atomic E-state index is 13.8. The van der Waals surface area contributed by atoms with Gasteiger partial charge in [0.25, 0.3) is 5.91 Å². The average Bonchev–Trinajstić information content (AvgIpc) is 3.20. The van der Waals surface area contributed by atoms with Crippen LogP contribution in [0.15, 0.2) is 35.0 Å². The molecule has 0 radical (unpaired) electrons. The van der Waals surface area contributed by atoms with Gasteiger partial charge in [0.05, 0.1) is 11.3 Å². The van der Waals surface area contributed by atoms with Gasteiger partial charge in [0.2, 0.25) is 0 Å². The number of benzene rings is 1. The maximum absolute atomic E-state index is 13.8. The SMILES string of the molecule is CNc1c(F)cccc1C(=O)N(Cc1ccsc1)C1CC1. The van der Waals surface area contributed by atoms with E-state index in [1.807, 2.05) is 21.7 Å². The number of rotatable bonds is 5. The zero-order chi connectivity index (χ0) is 14.8. The van der Waals surface area contributed by atoms with Crippen LogP contribution in [-0.2, 0) is 6.54 Å². The van der Waals surface area contributed by atoms with Crippen LogP contribution in [-0.4, -0.2) is 23.9 Å². The van der Waals surface area contributed by atoms with Gasteiger partial charge in [-0.05, 0) is 47.4 Å². The highest BCUT2D eigenvalue weighted by molar-refractivity contribution is 7.07. The van der Waals surface area contributed by atoms with Crippen molar-refractivity contribution in [2.45, 2.75) is 25.4 Å². The lowest BCUT2D eigenvalue weighted by Gasteiger charge is -2.23. The van der Waals surface area contributed by atoms with E-state index in [2.05, 4.69) is 5.32 Å². The molecule has 3 nitrogen and oxygen atoms in total. The molecule has 0 aliphatic heterocycles. The van der Waals surface area contributed by atoms with Crippen LogP contribution in [0.5, 0.6) is 0 Å². The van der Waals surface area contributed by atoms with Crippen LogP contribution in [0.1, 0.15) is 28.8 Å². The predicted molar refractivity (Wildman–Crippen MR) is 83.2 cm³/mol. The standard InChI is InChI=1S/C16H17FN2OS/c1-18-15-13(3-2-4-14(15)17)16(20)19(12-5-6-12)9-11-7-8-21-10-11/h2-4,7-8,10,12,18H,5-6,9H2,1H3. The Labute approximate surface area is 127 Å². The molecule has 0 atom stereocenters. The van der Waals surface area contributed by atoms with Gasteiger partial charge >= 0.3 is 0 Å². The van der Waals surface area contributed by atoms with Gasteiger partial charge in [-0.2, -0.15) is 11.3 Å². The number of halogens is 1. The molecule has 1 aliphatic carbocycles. The summed E-state index contributed by atoms with van der Waals surface area (Å²) >= 11 is 1.62. The molecule has 2 aromatic rings. The quantitative estimate of drug-likeness (QED) is 0.913. The van der Waals surface area contributed by atoms with Crippen LogP contribution >= 0.6 is 11.3 Å². The van der Waals surface area contributed by atoms with E-state index in [0.29, 0.717) is 12.1 Å². The summed E-state index contributed by atoms with van der Waals surface area (Å²) in [5, 5.41) is 6.85. The van der Waals surface area contributed by atoms with Gasteiger partial charge < -0.3 is 10.2 Å². The third-order valence-electron chi connectivity index (χ3n) is 3.68. The summed E-state index contributed by atoms with van der Waals surface area (Å²) in [7, 11) is 1.63. The number of hydrogen-bond acceptors (Lipinski definition) is 3. The lowest BCUT2D eigenvalue weighted by molar-refractivity contribution is 0.0730. The second-order valence-electron chi connectivity index (χ2n) is 5.21. The molecular formula is C16H17FN2OS. The molecule has 0 unspecified atom stereocenters. The van der Waals surface area contributed by atoms with Gasteiger partial charge in [0.15, 0.2) is 0 Å². The summed E-state index contributed by atoms with van der Waals surface area (Å²) < 4.78 is 13.8. The van der Waals surface area contributed by atoms with E-state index < -0.39 is 5.82 Å². The van der Waals surface area contributed by atoms with Crippen molar-refractivity contribution < 1.29 is 9.18 Å². The minimum Gasteiger partial charge on any atom is -0.385 e. The van der Waals surface area contributed by atoms with Crippen molar-refractivity contribution in [2.24, 2.45) is 0 Å². The molecule has 1 N–H and O–H groups in total. The maximum Gasteiger partial charge on any atom is 0.256 e. The van der Waals surface area contributed by atoms with Crippen molar-refractivity contribution in [2.75, 3.05) is 12.4 Å². The van der Waals surface area contributed by atoms with E-state index in [-0.39, 0.29) is 17.6 Å². The molecular weight excluding hydrogens is 287 g/mol. The minimum absolute atomic E-state index is 0.104. The molecule has 0 saturated heterocycles. The minimum atomic E-state index is -0.394. The number of para-hydroxylation sites is 1. The molecule has 5 heteroatoms. The summed E-state index contributed by atoms with van der Waals surface area (Å²) in [4.78, 5) is 14.7. The van der Waals surface area contributed by atoms with E-state index in [0.717, 1.165) is 18.4 Å². The molecule has 1 heterocycles. The van der Waals surface area contributed by atoms with Gasteiger partial charge in [0, 0.05) is 19.6 Å². The van der Waals surface area contributed by atoms with Gasteiger partial charge in [-0.15, -0.1) is 0 Å². The smallest absolute Gasteiger partial charge is 0.256 e. The Bertz CT molecular complexity index is 638. The van der Waals surface area contributed by atoms with Crippen molar-refractivity contribution in [3.8, 4) is 0 Å². The van der Waals surface area contributed by atoms with Crippen molar-refractivity contribution in [3.63, 3.8) is 0 Å². The van der Waals surface area contributed by atoms with E-state index >= 15 is 0 Å². The van der Waals surface area contributed by atoms with Gasteiger partial charge in [0.1, 0.15) is 5.82 Å². The number of carbonyl (C=O) groups is 1. The van der Waals surface area contributed by atoms with Crippen molar-refractivity contribution >= 4 is 22.9 Å². The van der Waals surface area contributed by atoms with Gasteiger partial charge in [-0.3, -0.25) is 4.79 Å². The molecule has 1 aromatic heterocycles. The number of thiophene rings is 1. The fourth-order valence-corrected chi connectivity index (χ4v) is 3.10. The van der Waals surface area contributed by atoms with E-state index in [4.69, 9.17) is 0 Å². The summed E-state index contributed by atoms with van der Waals surface area (Å²) in [5.41, 5.74) is 1.81.